The van der Waals surface area contributed by atoms with E-state index in [0.717, 1.165) is 0 Å². The summed E-state index contributed by atoms with van der Waals surface area (Å²) in [6.45, 7) is 2.81. The van der Waals surface area contributed by atoms with Crippen molar-refractivity contribution in [2.45, 2.75) is 26.3 Å². The van der Waals surface area contributed by atoms with Crippen LogP contribution in [0, 0.1) is 11.8 Å². The number of alkyl halides is 1. The van der Waals surface area contributed by atoms with E-state index in [1.807, 2.05) is 0 Å². The lowest BCUT2D eigenvalue weighted by Crippen LogP contribution is -2.35. The average molecular weight is 177 g/mol. The van der Waals surface area contributed by atoms with Gasteiger partial charge in [0.25, 0.3) is 0 Å². The molecule has 0 aromatic heterocycles. The van der Waals surface area contributed by atoms with Gasteiger partial charge in [0.15, 0.2) is 0 Å². The number of hydrogen-bond donors (Lipinski definition) is 2. The number of carboxylic acid groups (broad SMARTS) is 1. The molecule has 3 nitrogen and oxygen atoms in total. The number of aliphatic carboxylic acids is 1. The van der Waals surface area contributed by atoms with Crippen LogP contribution in [0.4, 0.5) is 4.39 Å². The SMILES string of the molecule is CC(CF)CC(N)C(C)C(=O)O. The van der Waals surface area contributed by atoms with Crippen LogP contribution in [0.5, 0.6) is 0 Å². The summed E-state index contributed by atoms with van der Waals surface area (Å²) in [5.41, 5.74) is 5.55. The molecule has 0 aliphatic carbocycles. The van der Waals surface area contributed by atoms with E-state index in [0.29, 0.717) is 6.42 Å². The summed E-state index contributed by atoms with van der Waals surface area (Å²) in [5, 5.41) is 8.56. The molecule has 3 atom stereocenters. The van der Waals surface area contributed by atoms with E-state index in [1.54, 1.807) is 6.92 Å². The van der Waals surface area contributed by atoms with Gasteiger partial charge < -0.3 is 10.8 Å². The molecule has 12 heavy (non-hydrogen) atoms. The molecule has 72 valence electrons. The Morgan fingerprint density at radius 3 is 2.42 bits per heavy atom. The molecule has 0 fully saturated rings. The highest BCUT2D eigenvalue weighted by molar-refractivity contribution is 5.70. The summed E-state index contributed by atoms with van der Waals surface area (Å²) in [6.07, 6.45) is 0.421. The molecule has 0 aromatic rings. The minimum Gasteiger partial charge on any atom is -0.481 e. The van der Waals surface area contributed by atoms with Crippen LogP contribution in [0.2, 0.25) is 0 Å². The largest absolute Gasteiger partial charge is 0.481 e. The molecular formula is C8H16FNO2. The number of hydrogen-bond acceptors (Lipinski definition) is 2. The third-order valence-electron chi connectivity index (χ3n) is 1.97. The summed E-state index contributed by atoms with van der Waals surface area (Å²) < 4.78 is 12.0. The van der Waals surface area contributed by atoms with Gasteiger partial charge in [-0.05, 0) is 12.3 Å². The second-order valence-electron chi connectivity index (χ2n) is 3.29. The Hall–Kier alpha value is -0.640. The van der Waals surface area contributed by atoms with Crippen molar-refractivity contribution in [1.82, 2.24) is 0 Å². The van der Waals surface area contributed by atoms with Gasteiger partial charge in [-0.2, -0.15) is 0 Å². The van der Waals surface area contributed by atoms with E-state index in [2.05, 4.69) is 0 Å². The van der Waals surface area contributed by atoms with Gasteiger partial charge in [-0.1, -0.05) is 13.8 Å². The molecule has 0 saturated heterocycles. The molecule has 0 aliphatic rings. The Bertz CT molecular complexity index is 152. The Morgan fingerprint density at radius 2 is 2.08 bits per heavy atom. The van der Waals surface area contributed by atoms with E-state index in [9.17, 15) is 9.18 Å². The van der Waals surface area contributed by atoms with Crippen LogP contribution in [-0.4, -0.2) is 23.8 Å². The van der Waals surface area contributed by atoms with Crippen LogP contribution in [-0.2, 0) is 4.79 Å². The van der Waals surface area contributed by atoms with E-state index < -0.39 is 24.6 Å². The zero-order chi connectivity index (χ0) is 9.72. The Balaban J connectivity index is 3.86. The minimum atomic E-state index is -0.923. The van der Waals surface area contributed by atoms with Gasteiger partial charge in [-0.25, -0.2) is 0 Å². The molecule has 4 heteroatoms. The Morgan fingerprint density at radius 1 is 1.58 bits per heavy atom. The summed E-state index contributed by atoms with van der Waals surface area (Å²) in [7, 11) is 0. The van der Waals surface area contributed by atoms with Crippen molar-refractivity contribution < 1.29 is 14.3 Å². The molecule has 3 unspecified atom stereocenters. The Kier molecular flexibility index (Phi) is 4.81. The first-order valence-corrected chi connectivity index (χ1v) is 4.03. The molecule has 0 bridgehead atoms. The summed E-state index contributed by atoms with van der Waals surface area (Å²) in [4.78, 5) is 10.4. The van der Waals surface area contributed by atoms with Crippen molar-refractivity contribution in [3.8, 4) is 0 Å². The van der Waals surface area contributed by atoms with Gasteiger partial charge in [-0.3, -0.25) is 9.18 Å². The van der Waals surface area contributed by atoms with Crippen LogP contribution >= 0.6 is 0 Å². The topological polar surface area (TPSA) is 63.3 Å². The highest BCUT2D eigenvalue weighted by Gasteiger charge is 2.21. The maximum Gasteiger partial charge on any atom is 0.307 e. The van der Waals surface area contributed by atoms with Gasteiger partial charge >= 0.3 is 5.97 Å². The number of halogens is 1. The molecule has 3 N–H and O–H groups in total. The van der Waals surface area contributed by atoms with E-state index in [1.165, 1.54) is 6.92 Å². The number of carbonyl (C=O) groups is 1. The molecule has 0 rings (SSSR count). The van der Waals surface area contributed by atoms with Crippen molar-refractivity contribution in [3.63, 3.8) is 0 Å². The van der Waals surface area contributed by atoms with Crippen molar-refractivity contribution in [2.75, 3.05) is 6.67 Å². The third kappa shape index (κ3) is 3.67. The number of nitrogens with two attached hydrogens (primary N) is 1. The van der Waals surface area contributed by atoms with Gasteiger partial charge in [0.1, 0.15) is 0 Å². The predicted octanol–water partition coefficient (Wildman–Crippen LogP) is 1.03. The standard InChI is InChI=1S/C8H16FNO2/c1-5(4-9)3-7(10)6(2)8(11)12/h5-7H,3-4,10H2,1-2H3,(H,11,12). The molecule has 0 radical (unpaired) electrons. The Labute approximate surface area is 71.8 Å². The lowest BCUT2D eigenvalue weighted by atomic mass is 9.94. The first-order valence-electron chi connectivity index (χ1n) is 4.03. The predicted molar refractivity (Wildman–Crippen MR) is 44.5 cm³/mol. The van der Waals surface area contributed by atoms with Crippen LogP contribution in [0.15, 0.2) is 0 Å². The molecule has 0 heterocycles. The first kappa shape index (κ1) is 11.4. The zero-order valence-corrected chi connectivity index (χ0v) is 7.46. The van der Waals surface area contributed by atoms with Crippen molar-refractivity contribution in [1.29, 1.82) is 0 Å². The van der Waals surface area contributed by atoms with E-state index in [-0.39, 0.29) is 5.92 Å². The summed E-state index contributed by atoms with van der Waals surface area (Å²) in [5.74, 6) is -1.67. The molecular weight excluding hydrogens is 161 g/mol. The monoisotopic (exact) mass is 177 g/mol. The van der Waals surface area contributed by atoms with E-state index >= 15 is 0 Å². The van der Waals surface area contributed by atoms with Crippen LogP contribution in [0.25, 0.3) is 0 Å². The average Bonchev–Trinajstić information content (AvgIpc) is 2.02. The fraction of sp³-hybridized carbons (Fsp3) is 0.875. The summed E-state index contributed by atoms with van der Waals surface area (Å²) in [6, 6.07) is -0.451. The van der Waals surface area contributed by atoms with Crippen LogP contribution in [0.3, 0.4) is 0 Å². The fourth-order valence-electron chi connectivity index (χ4n) is 0.915. The smallest absolute Gasteiger partial charge is 0.307 e. The third-order valence-corrected chi connectivity index (χ3v) is 1.97. The first-order chi connectivity index (χ1) is 5.49. The lowest BCUT2D eigenvalue weighted by Gasteiger charge is -2.18. The highest BCUT2D eigenvalue weighted by Crippen LogP contribution is 2.11. The number of carboxylic acids is 1. The zero-order valence-electron chi connectivity index (χ0n) is 7.46. The van der Waals surface area contributed by atoms with Gasteiger partial charge in [0.2, 0.25) is 0 Å². The second-order valence-corrected chi connectivity index (χ2v) is 3.29. The minimum absolute atomic E-state index is 0.151. The van der Waals surface area contributed by atoms with E-state index in [4.69, 9.17) is 10.8 Å². The fourth-order valence-corrected chi connectivity index (χ4v) is 0.915. The van der Waals surface area contributed by atoms with Crippen molar-refractivity contribution in [2.24, 2.45) is 17.6 Å². The van der Waals surface area contributed by atoms with Crippen LogP contribution < -0.4 is 5.73 Å². The summed E-state index contributed by atoms with van der Waals surface area (Å²) >= 11 is 0. The molecule has 0 aromatic carbocycles. The van der Waals surface area contributed by atoms with Crippen molar-refractivity contribution >= 4 is 5.97 Å². The maximum absolute atomic E-state index is 12.0. The lowest BCUT2D eigenvalue weighted by molar-refractivity contribution is -0.141. The van der Waals surface area contributed by atoms with Gasteiger partial charge in [0, 0.05) is 6.04 Å². The number of rotatable bonds is 5. The quantitative estimate of drug-likeness (QED) is 0.659. The maximum atomic E-state index is 12.0. The molecule has 0 aliphatic heterocycles. The molecule has 0 amide bonds. The second kappa shape index (κ2) is 5.09. The van der Waals surface area contributed by atoms with Crippen molar-refractivity contribution in [3.05, 3.63) is 0 Å². The van der Waals surface area contributed by atoms with Gasteiger partial charge in [0.05, 0.1) is 12.6 Å². The normalized spacial score (nSPS) is 18.3. The molecule has 0 saturated carbocycles. The molecule has 0 spiro atoms. The highest BCUT2D eigenvalue weighted by atomic mass is 19.1. The van der Waals surface area contributed by atoms with Crippen LogP contribution in [0.1, 0.15) is 20.3 Å². The van der Waals surface area contributed by atoms with Gasteiger partial charge in [-0.15, -0.1) is 0 Å².